The van der Waals surface area contributed by atoms with Crippen molar-refractivity contribution in [1.82, 2.24) is 0 Å². The van der Waals surface area contributed by atoms with Gasteiger partial charge in [0.25, 0.3) is 0 Å². The third kappa shape index (κ3) is 2.08. The summed E-state index contributed by atoms with van der Waals surface area (Å²) in [5, 5.41) is 0. The summed E-state index contributed by atoms with van der Waals surface area (Å²) in [4.78, 5) is 12.1. The van der Waals surface area contributed by atoms with E-state index in [-0.39, 0.29) is 11.2 Å². The van der Waals surface area contributed by atoms with E-state index in [1.54, 1.807) is 0 Å². The topological polar surface area (TPSA) is 17.1 Å². The summed E-state index contributed by atoms with van der Waals surface area (Å²) in [5.74, 6) is 0.283. The molecular formula is C15H18O. The number of Topliss-reactive ketones (excluding diaryl/α,β-unsaturated/α-hetero) is 1. The molecule has 0 bridgehead atoms. The lowest BCUT2D eigenvalue weighted by Crippen LogP contribution is -2.22. The van der Waals surface area contributed by atoms with Gasteiger partial charge in [0.15, 0.2) is 5.78 Å². The summed E-state index contributed by atoms with van der Waals surface area (Å²) in [5.41, 5.74) is 3.32. The van der Waals surface area contributed by atoms with E-state index in [2.05, 4.69) is 32.9 Å². The first-order chi connectivity index (χ1) is 7.49. The Bertz CT molecular complexity index is 452. The van der Waals surface area contributed by atoms with Crippen LogP contribution in [-0.4, -0.2) is 5.78 Å². The van der Waals surface area contributed by atoms with Crippen LogP contribution in [0, 0.1) is 12.3 Å². The van der Waals surface area contributed by atoms with Gasteiger partial charge in [-0.15, -0.1) is 0 Å². The molecule has 0 radical (unpaired) electrons. The maximum absolute atomic E-state index is 12.1. The van der Waals surface area contributed by atoms with Gasteiger partial charge in [-0.1, -0.05) is 44.2 Å². The van der Waals surface area contributed by atoms with Crippen molar-refractivity contribution in [3.8, 4) is 0 Å². The predicted molar refractivity (Wildman–Crippen MR) is 67.2 cm³/mol. The summed E-state index contributed by atoms with van der Waals surface area (Å²) in [7, 11) is 0. The maximum atomic E-state index is 12.1. The summed E-state index contributed by atoms with van der Waals surface area (Å²) in [6, 6.07) is 8.10. The fraction of sp³-hybridized carbons (Fsp3) is 0.400. The lowest BCUT2D eigenvalue weighted by molar-refractivity contribution is -0.115. The normalized spacial score (nSPS) is 19.4. The molecule has 1 heteroatoms. The number of carbonyl (C=O) groups excluding carboxylic acids is 1. The van der Waals surface area contributed by atoms with Crippen LogP contribution in [0.25, 0.3) is 5.57 Å². The van der Waals surface area contributed by atoms with Crippen LogP contribution in [0.2, 0.25) is 0 Å². The van der Waals surface area contributed by atoms with E-state index in [1.165, 1.54) is 5.56 Å². The largest absolute Gasteiger partial charge is 0.294 e. The van der Waals surface area contributed by atoms with Crippen molar-refractivity contribution in [2.75, 3.05) is 0 Å². The van der Waals surface area contributed by atoms with Gasteiger partial charge >= 0.3 is 0 Å². The molecule has 1 aromatic carbocycles. The van der Waals surface area contributed by atoms with E-state index in [4.69, 9.17) is 0 Å². The highest BCUT2D eigenvalue weighted by Gasteiger charge is 2.28. The molecule has 0 spiro atoms. The predicted octanol–water partition coefficient (Wildman–Crippen LogP) is 3.77. The first-order valence-electron chi connectivity index (χ1n) is 5.79. The molecule has 0 N–H and O–H groups in total. The lowest BCUT2D eigenvalue weighted by atomic mass is 9.76. The van der Waals surface area contributed by atoms with E-state index in [0.717, 1.165) is 17.6 Å². The fourth-order valence-corrected chi connectivity index (χ4v) is 2.23. The third-order valence-corrected chi connectivity index (χ3v) is 3.23. The van der Waals surface area contributed by atoms with Crippen molar-refractivity contribution in [2.45, 2.75) is 33.6 Å². The highest BCUT2D eigenvalue weighted by atomic mass is 16.1. The van der Waals surface area contributed by atoms with E-state index < -0.39 is 0 Å². The van der Waals surface area contributed by atoms with Crippen LogP contribution in [0.4, 0.5) is 0 Å². The molecule has 0 fully saturated rings. The van der Waals surface area contributed by atoms with Crippen molar-refractivity contribution in [1.29, 1.82) is 0 Å². The summed E-state index contributed by atoms with van der Waals surface area (Å²) in [6.07, 6.45) is 3.75. The van der Waals surface area contributed by atoms with E-state index in [0.29, 0.717) is 6.42 Å². The second kappa shape index (κ2) is 3.89. The minimum atomic E-state index is 0.128. The standard InChI is InChI=1S/C15H18O/c1-11-6-4-5-7-12(11)13-8-9-15(2,3)10-14(13)16/h4-8H,9-10H2,1-3H3. The zero-order valence-corrected chi connectivity index (χ0v) is 10.2. The zero-order chi connectivity index (χ0) is 11.8. The van der Waals surface area contributed by atoms with Crippen LogP contribution in [-0.2, 0) is 4.79 Å². The molecule has 1 aromatic rings. The molecule has 16 heavy (non-hydrogen) atoms. The molecule has 2 rings (SSSR count). The quantitative estimate of drug-likeness (QED) is 0.695. The molecule has 1 aliphatic carbocycles. The van der Waals surface area contributed by atoms with Gasteiger partial charge in [0.2, 0.25) is 0 Å². The van der Waals surface area contributed by atoms with Gasteiger partial charge in [0.05, 0.1) is 0 Å². The Morgan fingerprint density at radius 3 is 2.50 bits per heavy atom. The Hall–Kier alpha value is -1.37. The molecule has 1 aliphatic rings. The van der Waals surface area contributed by atoms with Crippen molar-refractivity contribution in [3.63, 3.8) is 0 Å². The van der Waals surface area contributed by atoms with Crippen molar-refractivity contribution >= 4 is 11.4 Å². The Morgan fingerprint density at radius 1 is 1.19 bits per heavy atom. The Balaban J connectivity index is 2.40. The molecule has 1 nitrogen and oxygen atoms in total. The number of allylic oxidation sites excluding steroid dienone is 2. The van der Waals surface area contributed by atoms with Crippen LogP contribution in [0.1, 0.15) is 37.8 Å². The second-order valence-electron chi connectivity index (χ2n) is 5.40. The highest BCUT2D eigenvalue weighted by Crippen LogP contribution is 2.36. The van der Waals surface area contributed by atoms with Crippen LogP contribution < -0.4 is 0 Å². The van der Waals surface area contributed by atoms with Gasteiger partial charge in [-0.3, -0.25) is 4.79 Å². The molecule has 0 saturated carbocycles. The molecule has 0 heterocycles. The minimum absolute atomic E-state index is 0.128. The van der Waals surface area contributed by atoms with Gasteiger partial charge in [-0.2, -0.15) is 0 Å². The highest BCUT2D eigenvalue weighted by molar-refractivity contribution is 6.21. The average molecular weight is 214 g/mol. The van der Waals surface area contributed by atoms with E-state index in [1.807, 2.05) is 18.2 Å². The Labute approximate surface area is 97.2 Å². The number of hydrogen-bond acceptors (Lipinski definition) is 1. The summed E-state index contributed by atoms with van der Waals surface area (Å²) in [6.45, 7) is 6.36. The second-order valence-corrected chi connectivity index (χ2v) is 5.40. The van der Waals surface area contributed by atoms with Crippen molar-refractivity contribution < 1.29 is 4.79 Å². The van der Waals surface area contributed by atoms with Crippen LogP contribution in [0.5, 0.6) is 0 Å². The average Bonchev–Trinajstić information content (AvgIpc) is 2.18. The van der Waals surface area contributed by atoms with Crippen LogP contribution in [0.15, 0.2) is 30.3 Å². The summed E-state index contributed by atoms with van der Waals surface area (Å²) >= 11 is 0. The van der Waals surface area contributed by atoms with Crippen LogP contribution in [0.3, 0.4) is 0 Å². The number of carbonyl (C=O) groups is 1. The monoisotopic (exact) mass is 214 g/mol. The van der Waals surface area contributed by atoms with Gasteiger partial charge in [0.1, 0.15) is 0 Å². The molecule has 0 unspecified atom stereocenters. The molecule has 0 saturated heterocycles. The smallest absolute Gasteiger partial charge is 0.163 e. The minimum Gasteiger partial charge on any atom is -0.294 e. The molecule has 0 atom stereocenters. The van der Waals surface area contributed by atoms with E-state index in [9.17, 15) is 4.79 Å². The molecule has 84 valence electrons. The number of aryl methyl sites for hydroxylation is 1. The first-order valence-corrected chi connectivity index (χ1v) is 5.79. The molecule has 0 amide bonds. The maximum Gasteiger partial charge on any atom is 0.163 e. The van der Waals surface area contributed by atoms with Crippen molar-refractivity contribution in [2.24, 2.45) is 5.41 Å². The lowest BCUT2D eigenvalue weighted by Gasteiger charge is -2.28. The number of benzene rings is 1. The fourth-order valence-electron chi connectivity index (χ4n) is 2.23. The third-order valence-electron chi connectivity index (χ3n) is 3.23. The van der Waals surface area contributed by atoms with Gasteiger partial charge in [-0.25, -0.2) is 0 Å². The first kappa shape index (κ1) is 11.1. The van der Waals surface area contributed by atoms with Crippen molar-refractivity contribution in [3.05, 3.63) is 41.5 Å². The van der Waals surface area contributed by atoms with Gasteiger partial charge in [0, 0.05) is 12.0 Å². The van der Waals surface area contributed by atoms with Crippen LogP contribution >= 0.6 is 0 Å². The SMILES string of the molecule is Cc1ccccc1C1=CCC(C)(C)CC1=O. The zero-order valence-electron chi connectivity index (χ0n) is 10.2. The van der Waals surface area contributed by atoms with Gasteiger partial charge < -0.3 is 0 Å². The molecular weight excluding hydrogens is 196 g/mol. The summed E-state index contributed by atoms with van der Waals surface area (Å²) < 4.78 is 0. The number of ketones is 1. The Morgan fingerprint density at radius 2 is 1.88 bits per heavy atom. The molecule has 0 aromatic heterocycles. The number of rotatable bonds is 1. The Kier molecular flexibility index (Phi) is 2.71. The van der Waals surface area contributed by atoms with Gasteiger partial charge in [-0.05, 0) is 29.9 Å². The van der Waals surface area contributed by atoms with E-state index >= 15 is 0 Å². The number of hydrogen-bond donors (Lipinski definition) is 0. The molecule has 0 aliphatic heterocycles.